The normalized spacial score (nSPS) is 12.9. The lowest BCUT2D eigenvalue weighted by molar-refractivity contribution is -0.384. The van der Waals surface area contributed by atoms with Crippen LogP contribution in [0.2, 0.25) is 5.02 Å². The molecule has 1 fully saturated rings. The summed E-state index contributed by atoms with van der Waals surface area (Å²) in [7, 11) is 1.54. The molecule has 2 heterocycles. The van der Waals surface area contributed by atoms with Crippen LogP contribution in [0.5, 0.6) is 5.75 Å². The van der Waals surface area contributed by atoms with Crippen molar-refractivity contribution in [1.29, 1.82) is 0 Å². The molecular formula is C26H24ClN7O4S. The molecule has 0 saturated carbocycles. The molecule has 13 heteroatoms. The van der Waals surface area contributed by atoms with Crippen molar-refractivity contribution in [2.24, 2.45) is 0 Å². The van der Waals surface area contributed by atoms with Gasteiger partial charge >= 0.3 is 0 Å². The van der Waals surface area contributed by atoms with E-state index in [1.807, 2.05) is 17.9 Å². The minimum Gasteiger partial charge on any atom is -0.495 e. The number of fused-ring (bicyclic) bond motifs is 1. The fourth-order valence-corrected chi connectivity index (χ4v) is 4.92. The highest BCUT2D eigenvalue weighted by molar-refractivity contribution is 7.80. The average molecular weight is 566 g/mol. The quantitative estimate of drug-likeness (QED) is 0.188. The molecule has 39 heavy (non-hydrogen) atoms. The zero-order valence-electron chi connectivity index (χ0n) is 21.1. The van der Waals surface area contributed by atoms with Crippen LogP contribution in [0.15, 0.2) is 48.5 Å². The number of nitro benzene ring substituents is 1. The highest BCUT2D eigenvalue weighted by atomic mass is 35.5. The number of carbonyl (C=O) groups is 1. The van der Waals surface area contributed by atoms with Crippen LogP contribution in [0.4, 0.5) is 17.1 Å². The zero-order chi connectivity index (χ0) is 27.7. The van der Waals surface area contributed by atoms with E-state index in [4.69, 9.17) is 28.6 Å². The first-order chi connectivity index (χ1) is 18.7. The number of nitrogens with one attached hydrogen (secondary N) is 2. The maximum atomic E-state index is 12.9. The maximum Gasteiger partial charge on any atom is 0.293 e. The minimum atomic E-state index is -0.551. The van der Waals surface area contributed by atoms with Gasteiger partial charge in [0.2, 0.25) is 0 Å². The van der Waals surface area contributed by atoms with E-state index >= 15 is 0 Å². The molecule has 1 aliphatic rings. The number of methoxy groups -OCH3 is 1. The van der Waals surface area contributed by atoms with Gasteiger partial charge in [0, 0.05) is 30.4 Å². The summed E-state index contributed by atoms with van der Waals surface area (Å²) < 4.78 is 5.20. The molecule has 1 saturated heterocycles. The number of hydrogen-bond acceptors (Lipinski definition) is 8. The summed E-state index contributed by atoms with van der Waals surface area (Å²) in [6, 6.07) is 13.3. The van der Waals surface area contributed by atoms with Gasteiger partial charge in [-0.1, -0.05) is 11.6 Å². The van der Waals surface area contributed by atoms with E-state index in [-0.39, 0.29) is 16.4 Å². The second-order valence-corrected chi connectivity index (χ2v) is 9.84. The Morgan fingerprint density at radius 1 is 1.10 bits per heavy atom. The number of thiocarbonyl (C=S) groups is 1. The Morgan fingerprint density at radius 3 is 2.49 bits per heavy atom. The van der Waals surface area contributed by atoms with Crippen molar-refractivity contribution >= 4 is 62.9 Å². The van der Waals surface area contributed by atoms with E-state index in [0.717, 1.165) is 31.5 Å². The Hall–Kier alpha value is -4.29. The van der Waals surface area contributed by atoms with Crippen LogP contribution in [0.25, 0.3) is 16.7 Å². The molecule has 0 radical (unpaired) electrons. The highest BCUT2D eigenvalue weighted by Gasteiger charge is 2.24. The molecule has 3 aromatic carbocycles. The fourth-order valence-electron chi connectivity index (χ4n) is 4.46. The molecule has 1 amide bonds. The van der Waals surface area contributed by atoms with Crippen LogP contribution in [-0.2, 0) is 0 Å². The maximum absolute atomic E-state index is 12.9. The predicted molar refractivity (Wildman–Crippen MR) is 153 cm³/mol. The number of nitro groups is 1. The SMILES string of the molecule is COc1ccc(-n2nc3cc(C)c(NC(=S)NC(=O)c4ccc(N5CCCC5)c([N+](=O)[O-])c4)cc3n2)cc1Cl. The smallest absolute Gasteiger partial charge is 0.293 e. The molecule has 5 rings (SSSR count). The van der Waals surface area contributed by atoms with Crippen molar-refractivity contribution < 1.29 is 14.5 Å². The van der Waals surface area contributed by atoms with Crippen molar-refractivity contribution in [1.82, 2.24) is 20.3 Å². The number of carbonyl (C=O) groups excluding carboxylic acids is 1. The lowest BCUT2D eigenvalue weighted by atomic mass is 10.1. The van der Waals surface area contributed by atoms with Crippen LogP contribution in [-0.4, -0.2) is 51.1 Å². The van der Waals surface area contributed by atoms with Crippen LogP contribution in [0.1, 0.15) is 28.8 Å². The number of benzene rings is 3. The molecular weight excluding hydrogens is 542 g/mol. The number of hydrogen-bond donors (Lipinski definition) is 2. The zero-order valence-corrected chi connectivity index (χ0v) is 22.7. The van der Waals surface area contributed by atoms with Gasteiger partial charge in [-0.3, -0.25) is 20.2 Å². The first-order valence-corrected chi connectivity index (χ1v) is 12.9. The third-order valence-electron chi connectivity index (χ3n) is 6.45. The van der Waals surface area contributed by atoms with E-state index in [1.54, 1.807) is 43.5 Å². The Kier molecular flexibility index (Phi) is 7.31. The molecule has 0 unspecified atom stereocenters. The van der Waals surface area contributed by atoms with E-state index in [2.05, 4.69) is 20.8 Å². The van der Waals surface area contributed by atoms with Gasteiger partial charge in [0.1, 0.15) is 22.5 Å². The number of nitrogens with zero attached hydrogens (tertiary/aromatic N) is 5. The summed E-state index contributed by atoms with van der Waals surface area (Å²) in [6.07, 6.45) is 1.97. The van der Waals surface area contributed by atoms with Crippen LogP contribution < -0.4 is 20.3 Å². The second kappa shape index (κ2) is 10.8. The Bertz CT molecular complexity index is 1620. The molecule has 0 bridgehead atoms. The first kappa shape index (κ1) is 26.3. The number of rotatable bonds is 6. The second-order valence-electron chi connectivity index (χ2n) is 9.03. The molecule has 2 N–H and O–H groups in total. The van der Waals surface area contributed by atoms with E-state index in [1.165, 1.54) is 10.9 Å². The Balaban J connectivity index is 1.32. The van der Waals surface area contributed by atoms with Crippen molar-refractivity contribution in [3.8, 4) is 11.4 Å². The first-order valence-electron chi connectivity index (χ1n) is 12.1. The standard InChI is InChI=1S/C26H24ClN7O4S/c1-15-11-20-21(31-33(30-20)17-6-8-24(38-2)18(27)13-17)14-19(15)28-26(39)29-25(35)16-5-7-22(23(12-16)34(36)37)32-9-3-4-10-32/h5-8,11-14H,3-4,9-10H2,1-2H3,(H2,28,29,35,39). The number of aryl methyl sites for hydroxylation is 1. The van der Waals surface area contributed by atoms with Gasteiger partial charge in [0.15, 0.2) is 5.11 Å². The summed E-state index contributed by atoms with van der Waals surface area (Å²) in [5, 5.41) is 26.8. The molecule has 1 aliphatic heterocycles. The lowest BCUT2D eigenvalue weighted by Gasteiger charge is -2.18. The van der Waals surface area contributed by atoms with Crippen molar-refractivity contribution in [2.75, 3.05) is 30.4 Å². The summed E-state index contributed by atoms with van der Waals surface area (Å²) in [5.41, 5.74) is 3.92. The van der Waals surface area contributed by atoms with Crippen molar-refractivity contribution in [3.05, 3.63) is 74.8 Å². The summed E-state index contributed by atoms with van der Waals surface area (Å²) >= 11 is 11.6. The summed E-state index contributed by atoms with van der Waals surface area (Å²) in [4.78, 5) is 27.5. The van der Waals surface area contributed by atoms with Gasteiger partial charge in [0.05, 0.1) is 22.7 Å². The van der Waals surface area contributed by atoms with E-state index in [9.17, 15) is 14.9 Å². The number of halogens is 1. The van der Waals surface area contributed by atoms with Crippen LogP contribution in [0.3, 0.4) is 0 Å². The van der Waals surface area contributed by atoms with Gasteiger partial charge in [-0.25, -0.2) is 0 Å². The van der Waals surface area contributed by atoms with Crippen molar-refractivity contribution in [2.45, 2.75) is 19.8 Å². The largest absolute Gasteiger partial charge is 0.495 e. The van der Waals surface area contributed by atoms with Gasteiger partial charge in [-0.15, -0.1) is 10.2 Å². The number of ether oxygens (including phenoxy) is 1. The monoisotopic (exact) mass is 565 g/mol. The number of anilines is 2. The molecule has 0 atom stereocenters. The molecule has 0 aliphatic carbocycles. The lowest BCUT2D eigenvalue weighted by Crippen LogP contribution is -2.34. The number of aromatic nitrogens is 3. The fraction of sp³-hybridized carbons (Fsp3) is 0.231. The highest BCUT2D eigenvalue weighted by Crippen LogP contribution is 2.32. The van der Waals surface area contributed by atoms with E-state index in [0.29, 0.717) is 38.9 Å². The topological polar surface area (TPSA) is 127 Å². The third kappa shape index (κ3) is 5.47. The van der Waals surface area contributed by atoms with Crippen LogP contribution in [0, 0.1) is 17.0 Å². The number of amides is 1. The molecule has 1 aromatic heterocycles. The molecule has 11 nitrogen and oxygen atoms in total. The third-order valence-corrected chi connectivity index (χ3v) is 6.95. The molecule has 4 aromatic rings. The Labute approximate surface area is 233 Å². The predicted octanol–water partition coefficient (Wildman–Crippen LogP) is 5.03. The van der Waals surface area contributed by atoms with Gasteiger partial charge in [-0.2, -0.15) is 4.80 Å². The average Bonchev–Trinajstić information content (AvgIpc) is 3.58. The molecule has 200 valence electrons. The van der Waals surface area contributed by atoms with E-state index < -0.39 is 10.8 Å². The minimum absolute atomic E-state index is 0.0445. The van der Waals surface area contributed by atoms with Crippen molar-refractivity contribution in [3.63, 3.8) is 0 Å². The molecule has 0 spiro atoms. The van der Waals surface area contributed by atoms with Gasteiger partial charge in [-0.05, 0) is 80.0 Å². The van der Waals surface area contributed by atoms with Gasteiger partial charge in [0.25, 0.3) is 11.6 Å². The summed E-state index contributed by atoms with van der Waals surface area (Å²) in [6.45, 7) is 3.38. The summed E-state index contributed by atoms with van der Waals surface area (Å²) in [5.74, 6) is -0.00297. The Morgan fingerprint density at radius 2 is 1.82 bits per heavy atom. The van der Waals surface area contributed by atoms with Gasteiger partial charge < -0.3 is 15.0 Å². The van der Waals surface area contributed by atoms with Crippen LogP contribution >= 0.6 is 23.8 Å².